The molecular formula is C31H24FN5O5. The summed E-state index contributed by atoms with van der Waals surface area (Å²) in [4.78, 5) is 45.4. The van der Waals surface area contributed by atoms with Crippen LogP contribution in [0.2, 0.25) is 0 Å². The predicted octanol–water partition coefficient (Wildman–Crippen LogP) is 3.48. The maximum atomic E-state index is 14.2. The standard InChI is InChI=1S/C31H24FN5O5/c1-41-30(39)26-25(18-8-4-3-5-9-18)22(15-33)28(34)37(27(26)31(40)42-2)20-12-13-21-24(14-20)35-17-36(29(21)38)16-19-10-6-7-11-23(19)32/h3-14,17,25H,16,34H2,1-2H3. The summed E-state index contributed by atoms with van der Waals surface area (Å²) in [6, 6.07) is 21.3. The Morgan fingerprint density at radius 1 is 1.02 bits per heavy atom. The summed E-state index contributed by atoms with van der Waals surface area (Å²) in [5.74, 6) is -3.34. The van der Waals surface area contributed by atoms with Crippen molar-refractivity contribution in [1.82, 2.24) is 9.55 Å². The normalized spacial score (nSPS) is 15.0. The summed E-state index contributed by atoms with van der Waals surface area (Å²) in [6.45, 7) is -0.0257. The average molecular weight is 566 g/mol. The number of hydrogen-bond donors (Lipinski definition) is 1. The molecule has 1 aromatic heterocycles. The highest BCUT2D eigenvalue weighted by Gasteiger charge is 2.43. The van der Waals surface area contributed by atoms with Crippen LogP contribution in [0.25, 0.3) is 10.9 Å². The molecule has 1 aliphatic heterocycles. The zero-order chi connectivity index (χ0) is 30.0. The summed E-state index contributed by atoms with van der Waals surface area (Å²) in [6.07, 6.45) is 1.29. The van der Waals surface area contributed by atoms with Crippen LogP contribution in [0, 0.1) is 17.1 Å². The van der Waals surface area contributed by atoms with Crippen molar-refractivity contribution in [2.45, 2.75) is 12.5 Å². The van der Waals surface area contributed by atoms with E-state index in [1.165, 1.54) is 40.1 Å². The van der Waals surface area contributed by atoms with Gasteiger partial charge in [-0.1, -0.05) is 48.5 Å². The molecule has 210 valence electrons. The van der Waals surface area contributed by atoms with Crippen LogP contribution in [0.3, 0.4) is 0 Å². The molecular weight excluding hydrogens is 541 g/mol. The molecule has 0 radical (unpaired) electrons. The van der Waals surface area contributed by atoms with Crippen molar-refractivity contribution < 1.29 is 23.5 Å². The Morgan fingerprint density at radius 3 is 2.38 bits per heavy atom. The number of anilines is 1. The molecule has 42 heavy (non-hydrogen) atoms. The molecule has 10 nitrogen and oxygen atoms in total. The van der Waals surface area contributed by atoms with Gasteiger partial charge in [-0.15, -0.1) is 0 Å². The van der Waals surface area contributed by atoms with Crippen LogP contribution in [0.1, 0.15) is 17.0 Å². The molecule has 4 aromatic rings. The minimum atomic E-state index is -1.02. The number of fused-ring (bicyclic) bond motifs is 1. The van der Waals surface area contributed by atoms with Crippen LogP contribution in [-0.4, -0.2) is 35.7 Å². The molecule has 0 amide bonds. The lowest BCUT2D eigenvalue weighted by molar-refractivity contribution is -0.139. The minimum absolute atomic E-state index is 0.00242. The van der Waals surface area contributed by atoms with Crippen LogP contribution in [-0.2, 0) is 25.6 Å². The summed E-state index contributed by atoms with van der Waals surface area (Å²) in [5, 5.41) is 10.4. The Labute approximate surface area is 239 Å². The Kier molecular flexibility index (Phi) is 7.53. The van der Waals surface area contributed by atoms with Crippen LogP contribution >= 0.6 is 0 Å². The van der Waals surface area contributed by atoms with Gasteiger partial charge < -0.3 is 15.2 Å². The van der Waals surface area contributed by atoms with Crippen LogP contribution in [0.4, 0.5) is 10.1 Å². The summed E-state index contributed by atoms with van der Waals surface area (Å²) < 4.78 is 25.6. The predicted molar refractivity (Wildman–Crippen MR) is 151 cm³/mol. The van der Waals surface area contributed by atoms with E-state index in [-0.39, 0.29) is 45.8 Å². The van der Waals surface area contributed by atoms with Gasteiger partial charge in [0.15, 0.2) is 0 Å². The molecule has 0 saturated heterocycles. The van der Waals surface area contributed by atoms with Crippen molar-refractivity contribution in [3.63, 3.8) is 0 Å². The lowest BCUT2D eigenvalue weighted by Crippen LogP contribution is -2.40. The highest BCUT2D eigenvalue weighted by molar-refractivity contribution is 6.06. The quantitative estimate of drug-likeness (QED) is 0.348. The van der Waals surface area contributed by atoms with Gasteiger partial charge in [-0.05, 0) is 29.8 Å². The molecule has 5 rings (SSSR count). The fourth-order valence-corrected chi connectivity index (χ4v) is 4.99. The van der Waals surface area contributed by atoms with Crippen LogP contribution in [0.5, 0.6) is 0 Å². The maximum absolute atomic E-state index is 14.2. The Bertz CT molecular complexity index is 1890. The average Bonchev–Trinajstić information content (AvgIpc) is 3.02. The van der Waals surface area contributed by atoms with Crippen LogP contribution in [0.15, 0.2) is 107 Å². The molecule has 1 unspecified atom stereocenters. The van der Waals surface area contributed by atoms with Gasteiger partial charge in [0.2, 0.25) is 0 Å². The summed E-state index contributed by atoms with van der Waals surface area (Å²) >= 11 is 0. The zero-order valence-corrected chi connectivity index (χ0v) is 22.6. The van der Waals surface area contributed by atoms with Gasteiger partial charge in [0.25, 0.3) is 5.56 Å². The lowest BCUT2D eigenvalue weighted by atomic mass is 9.81. The van der Waals surface area contributed by atoms with E-state index in [0.717, 1.165) is 14.2 Å². The summed E-state index contributed by atoms with van der Waals surface area (Å²) in [5.41, 5.74) is 7.07. The number of ether oxygens (including phenoxy) is 2. The van der Waals surface area contributed by atoms with E-state index in [1.807, 2.05) is 0 Å². The third-order valence-corrected chi connectivity index (χ3v) is 6.98. The molecule has 0 saturated carbocycles. The first kappa shape index (κ1) is 27.8. The van der Waals surface area contributed by atoms with Crippen molar-refractivity contribution in [2.24, 2.45) is 5.73 Å². The third-order valence-electron chi connectivity index (χ3n) is 6.98. The first-order chi connectivity index (χ1) is 20.3. The number of nitriles is 1. The summed E-state index contributed by atoms with van der Waals surface area (Å²) in [7, 11) is 2.32. The largest absolute Gasteiger partial charge is 0.466 e. The number of carbonyl (C=O) groups excluding carboxylic acids is 2. The van der Waals surface area contributed by atoms with Gasteiger partial charge in [0.1, 0.15) is 17.3 Å². The smallest absolute Gasteiger partial charge is 0.355 e. The van der Waals surface area contributed by atoms with Crippen molar-refractivity contribution in [1.29, 1.82) is 5.26 Å². The molecule has 1 atom stereocenters. The van der Waals surface area contributed by atoms with Gasteiger partial charge in [-0.3, -0.25) is 14.3 Å². The Balaban J connectivity index is 1.70. The van der Waals surface area contributed by atoms with E-state index in [2.05, 4.69) is 11.1 Å². The highest BCUT2D eigenvalue weighted by atomic mass is 19.1. The van der Waals surface area contributed by atoms with Gasteiger partial charge in [0, 0.05) is 5.56 Å². The van der Waals surface area contributed by atoms with E-state index >= 15 is 0 Å². The van der Waals surface area contributed by atoms with E-state index in [9.17, 15) is 24.0 Å². The van der Waals surface area contributed by atoms with E-state index in [1.54, 1.807) is 48.5 Å². The van der Waals surface area contributed by atoms with Gasteiger partial charge in [0.05, 0.1) is 66.8 Å². The number of carbonyl (C=O) groups is 2. The second-order valence-corrected chi connectivity index (χ2v) is 9.31. The third kappa shape index (κ3) is 4.75. The Morgan fingerprint density at radius 2 is 1.71 bits per heavy atom. The fraction of sp³-hybridized carbons (Fsp3) is 0.129. The van der Waals surface area contributed by atoms with Gasteiger partial charge in [-0.2, -0.15) is 5.26 Å². The van der Waals surface area contributed by atoms with Crippen LogP contribution < -0.4 is 16.2 Å². The van der Waals surface area contributed by atoms with Crippen molar-refractivity contribution in [3.05, 3.63) is 129 Å². The van der Waals surface area contributed by atoms with E-state index in [0.29, 0.717) is 11.1 Å². The first-order valence-electron chi connectivity index (χ1n) is 12.7. The molecule has 1 aliphatic rings. The molecule has 3 aromatic carbocycles. The number of nitrogens with two attached hydrogens (primary N) is 1. The molecule has 2 N–H and O–H groups in total. The van der Waals surface area contributed by atoms with Gasteiger partial charge in [-0.25, -0.2) is 19.0 Å². The number of hydrogen-bond acceptors (Lipinski definition) is 9. The monoisotopic (exact) mass is 565 g/mol. The SMILES string of the molecule is COC(=O)C1=C(C(=O)OC)N(c2ccc3c(=O)n(Cc4ccccc4F)cnc3c2)C(N)=C(C#N)C1c1ccccc1. The number of methoxy groups -OCH3 is 2. The number of allylic oxidation sites excluding steroid dienone is 1. The maximum Gasteiger partial charge on any atom is 0.355 e. The van der Waals surface area contributed by atoms with E-state index in [4.69, 9.17) is 15.2 Å². The number of rotatable bonds is 6. The number of halogens is 1. The minimum Gasteiger partial charge on any atom is -0.466 e. The first-order valence-corrected chi connectivity index (χ1v) is 12.7. The zero-order valence-electron chi connectivity index (χ0n) is 22.6. The second-order valence-electron chi connectivity index (χ2n) is 9.31. The highest BCUT2D eigenvalue weighted by Crippen LogP contribution is 2.43. The number of esters is 2. The van der Waals surface area contributed by atoms with Crippen molar-refractivity contribution in [3.8, 4) is 6.07 Å². The lowest BCUT2D eigenvalue weighted by Gasteiger charge is -2.35. The van der Waals surface area contributed by atoms with Crippen molar-refractivity contribution in [2.75, 3.05) is 19.1 Å². The fourth-order valence-electron chi connectivity index (χ4n) is 4.99. The number of nitrogens with zero attached hydrogens (tertiary/aromatic N) is 4. The Hall–Kier alpha value is -5.76. The molecule has 0 bridgehead atoms. The van der Waals surface area contributed by atoms with Crippen molar-refractivity contribution >= 4 is 28.5 Å². The second kappa shape index (κ2) is 11.4. The molecule has 0 fully saturated rings. The molecule has 0 spiro atoms. The number of benzene rings is 3. The van der Waals surface area contributed by atoms with Gasteiger partial charge >= 0.3 is 11.9 Å². The topological polar surface area (TPSA) is 141 Å². The van der Waals surface area contributed by atoms with E-state index < -0.39 is 29.2 Å². The molecule has 0 aliphatic carbocycles. The number of aromatic nitrogens is 2. The molecule has 2 heterocycles. The molecule has 11 heteroatoms.